The van der Waals surface area contributed by atoms with E-state index in [1.165, 1.54) is 5.01 Å². The van der Waals surface area contributed by atoms with E-state index >= 15 is 0 Å². The summed E-state index contributed by atoms with van der Waals surface area (Å²) in [5, 5.41) is 8.56. The Morgan fingerprint density at radius 2 is 1.79 bits per heavy atom. The zero-order valence-electron chi connectivity index (χ0n) is 18.7. The van der Waals surface area contributed by atoms with Gasteiger partial charge in [0.15, 0.2) is 0 Å². The normalized spacial score (nSPS) is 15.0. The molecule has 0 bridgehead atoms. The number of hydrazone groups is 1. The summed E-state index contributed by atoms with van der Waals surface area (Å²) in [7, 11) is 1.57. The van der Waals surface area contributed by atoms with E-state index in [0.717, 1.165) is 5.56 Å². The van der Waals surface area contributed by atoms with Crippen LogP contribution in [-0.2, 0) is 22.7 Å². The molecule has 0 saturated heterocycles. The second-order valence-electron chi connectivity index (χ2n) is 7.87. The van der Waals surface area contributed by atoms with Gasteiger partial charge in [-0.2, -0.15) is 5.10 Å². The summed E-state index contributed by atoms with van der Waals surface area (Å²) >= 11 is 0. The maximum atomic E-state index is 13.6. The number of furan rings is 1. The molecule has 9 heteroatoms. The Morgan fingerprint density at radius 1 is 1.06 bits per heavy atom. The molecule has 174 valence electrons. The van der Waals surface area contributed by atoms with Crippen molar-refractivity contribution in [3.63, 3.8) is 0 Å². The van der Waals surface area contributed by atoms with Crippen molar-refractivity contribution in [1.29, 1.82) is 0 Å². The number of benzene rings is 2. The minimum Gasteiger partial charge on any atom is -0.467 e. The number of carbonyl (C=O) groups excluding carboxylic acids is 3. The first-order chi connectivity index (χ1) is 16.5. The number of rotatable bonds is 8. The molecule has 1 aliphatic heterocycles. The molecule has 0 spiro atoms. The number of para-hydroxylation sites is 1. The van der Waals surface area contributed by atoms with E-state index in [-0.39, 0.29) is 37.0 Å². The van der Waals surface area contributed by atoms with Gasteiger partial charge in [-0.1, -0.05) is 30.3 Å². The highest BCUT2D eigenvalue weighted by Crippen LogP contribution is 2.25. The number of anilines is 1. The van der Waals surface area contributed by atoms with Crippen molar-refractivity contribution in [3.8, 4) is 0 Å². The fourth-order valence-electron chi connectivity index (χ4n) is 3.78. The minimum absolute atomic E-state index is 0.104. The average molecular weight is 460 g/mol. The van der Waals surface area contributed by atoms with Gasteiger partial charge in [-0.3, -0.25) is 19.4 Å². The van der Waals surface area contributed by atoms with E-state index in [9.17, 15) is 14.4 Å². The van der Waals surface area contributed by atoms with Crippen molar-refractivity contribution in [1.82, 2.24) is 10.2 Å². The third kappa shape index (κ3) is 4.98. The Balaban J connectivity index is 1.60. The SMILES string of the molecule is CNC(=O)c1ccc(CN(Cc2ccco2)C(=O)C2=NN(c3ccccc3)C(C(N)=O)C2)cc1. The van der Waals surface area contributed by atoms with Crippen LogP contribution in [0.3, 0.4) is 0 Å². The number of nitrogens with one attached hydrogen (secondary N) is 1. The fourth-order valence-corrected chi connectivity index (χ4v) is 3.78. The van der Waals surface area contributed by atoms with Crippen molar-refractivity contribution in [2.24, 2.45) is 10.8 Å². The van der Waals surface area contributed by atoms with Crippen LogP contribution in [-0.4, -0.2) is 41.4 Å². The Morgan fingerprint density at radius 3 is 2.41 bits per heavy atom. The maximum absolute atomic E-state index is 13.6. The number of primary amides is 1. The molecule has 2 heterocycles. The lowest BCUT2D eigenvalue weighted by Crippen LogP contribution is -2.40. The summed E-state index contributed by atoms with van der Waals surface area (Å²) in [5.41, 5.74) is 7.89. The zero-order valence-corrected chi connectivity index (χ0v) is 18.7. The Bertz CT molecular complexity index is 1190. The van der Waals surface area contributed by atoms with E-state index in [1.54, 1.807) is 54.6 Å². The molecule has 0 saturated carbocycles. The molecule has 1 unspecified atom stereocenters. The molecule has 1 aromatic heterocycles. The van der Waals surface area contributed by atoms with Crippen molar-refractivity contribution in [2.45, 2.75) is 25.6 Å². The molecule has 0 aliphatic carbocycles. The molecule has 9 nitrogen and oxygen atoms in total. The lowest BCUT2D eigenvalue weighted by Gasteiger charge is -2.22. The molecule has 1 atom stereocenters. The summed E-state index contributed by atoms with van der Waals surface area (Å²) in [6.45, 7) is 0.480. The van der Waals surface area contributed by atoms with Crippen molar-refractivity contribution in [3.05, 3.63) is 89.9 Å². The van der Waals surface area contributed by atoms with Crippen LogP contribution in [0.15, 0.2) is 82.5 Å². The molecule has 0 fully saturated rings. The second-order valence-corrected chi connectivity index (χ2v) is 7.87. The van der Waals surface area contributed by atoms with Gasteiger partial charge in [0.05, 0.1) is 18.5 Å². The number of amides is 3. The minimum atomic E-state index is -0.751. The summed E-state index contributed by atoms with van der Waals surface area (Å²) in [6, 6.07) is 18.9. The number of hydrogen-bond acceptors (Lipinski definition) is 6. The predicted octanol–water partition coefficient (Wildman–Crippen LogP) is 2.29. The summed E-state index contributed by atoms with van der Waals surface area (Å²) in [5.74, 6) is -0.455. The van der Waals surface area contributed by atoms with Gasteiger partial charge in [0.2, 0.25) is 5.91 Å². The van der Waals surface area contributed by atoms with Gasteiger partial charge < -0.3 is 20.4 Å². The summed E-state index contributed by atoms with van der Waals surface area (Å²) in [4.78, 5) is 39.1. The van der Waals surface area contributed by atoms with Crippen molar-refractivity contribution < 1.29 is 18.8 Å². The Hall–Kier alpha value is -4.40. The lowest BCUT2D eigenvalue weighted by atomic mass is 10.1. The smallest absolute Gasteiger partial charge is 0.270 e. The van der Waals surface area contributed by atoms with Gasteiger partial charge in [0, 0.05) is 25.6 Å². The molecule has 3 amide bonds. The quantitative estimate of drug-likeness (QED) is 0.535. The van der Waals surface area contributed by atoms with Crippen molar-refractivity contribution in [2.75, 3.05) is 12.1 Å². The van der Waals surface area contributed by atoms with Crippen LogP contribution in [0.25, 0.3) is 0 Å². The van der Waals surface area contributed by atoms with Crippen LogP contribution in [0.2, 0.25) is 0 Å². The number of hydrogen-bond donors (Lipinski definition) is 2. The highest BCUT2D eigenvalue weighted by molar-refractivity contribution is 6.40. The number of nitrogens with two attached hydrogens (primary N) is 1. The molecule has 3 N–H and O–H groups in total. The molecule has 34 heavy (non-hydrogen) atoms. The predicted molar refractivity (Wildman–Crippen MR) is 127 cm³/mol. The fraction of sp³-hybridized carbons (Fsp3) is 0.200. The summed E-state index contributed by atoms with van der Waals surface area (Å²) < 4.78 is 5.46. The van der Waals surface area contributed by atoms with Crippen LogP contribution >= 0.6 is 0 Å². The highest BCUT2D eigenvalue weighted by Gasteiger charge is 2.36. The van der Waals surface area contributed by atoms with Gasteiger partial charge >= 0.3 is 0 Å². The third-order valence-corrected chi connectivity index (χ3v) is 5.54. The van der Waals surface area contributed by atoms with Crippen molar-refractivity contribution >= 4 is 29.1 Å². The average Bonchev–Trinajstić information content (AvgIpc) is 3.54. The largest absolute Gasteiger partial charge is 0.467 e. The van der Waals surface area contributed by atoms with E-state index in [4.69, 9.17) is 10.2 Å². The molecular formula is C25H25N5O4. The second kappa shape index (κ2) is 10.0. The molecule has 3 aromatic rings. The molecule has 4 rings (SSSR count). The van der Waals surface area contributed by atoms with E-state index in [0.29, 0.717) is 17.0 Å². The lowest BCUT2D eigenvalue weighted by molar-refractivity contribution is -0.125. The molecule has 0 radical (unpaired) electrons. The first-order valence-electron chi connectivity index (χ1n) is 10.8. The monoisotopic (exact) mass is 459 g/mol. The molecule has 1 aliphatic rings. The zero-order chi connectivity index (χ0) is 24.1. The van der Waals surface area contributed by atoms with Gasteiger partial charge in [0.25, 0.3) is 11.8 Å². The van der Waals surface area contributed by atoms with E-state index in [2.05, 4.69) is 10.4 Å². The van der Waals surface area contributed by atoms with E-state index < -0.39 is 11.9 Å². The van der Waals surface area contributed by atoms with Crippen LogP contribution in [0.4, 0.5) is 5.69 Å². The third-order valence-electron chi connectivity index (χ3n) is 5.54. The van der Waals surface area contributed by atoms with Gasteiger partial charge in [-0.05, 0) is 42.0 Å². The number of carbonyl (C=O) groups is 3. The first-order valence-corrected chi connectivity index (χ1v) is 10.8. The van der Waals surface area contributed by atoms with Crippen LogP contribution in [0.1, 0.15) is 28.1 Å². The topological polar surface area (TPSA) is 121 Å². The van der Waals surface area contributed by atoms with Crippen LogP contribution < -0.4 is 16.1 Å². The van der Waals surface area contributed by atoms with Gasteiger partial charge in [0.1, 0.15) is 17.5 Å². The highest BCUT2D eigenvalue weighted by atomic mass is 16.3. The standard InChI is InChI=1S/C25H25N5O4/c1-27-24(32)18-11-9-17(10-12-18)15-29(16-20-8-5-13-34-20)25(33)21-14-22(23(26)31)30(28-21)19-6-3-2-4-7-19/h2-13,22H,14-16H2,1H3,(H2,26,31)(H,27,32). The van der Waals surface area contributed by atoms with Crippen LogP contribution in [0, 0.1) is 0 Å². The maximum Gasteiger partial charge on any atom is 0.270 e. The Labute approximate surface area is 196 Å². The van der Waals surface area contributed by atoms with Gasteiger partial charge in [-0.15, -0.1) is 0 Å². The Kier molecular flexibility index (Phi) is 6.72. The summed E-state index contributed by atoms with van der Waals surface area (Å²) in [6.07, 6.45) is 1.65. The van der Waals surface area contributed by atoms with Crippen LogP contribution in [0.5, 0.6) is 0 Å². The van der Waals surface area contributed by atoms with Gasteiger partial charge in [-0.25, -0.2) is 0 Å². The number of nitrogens with zero attached hydrogens (tertiary/aromatic N) is 3. The first kappa shape index (κ1) is 22.8. The molecular weight excluding hydrogens is 434 g/mol. The molecule has 2 aromatic carbocycles. The van der Waals surface area contributed by atoms with E-state index in [1.807, 2.05) is 30.3 Å².